The Bertz CT molecular complexity index is 2480. The lowest BCUT2D eigenvalue weighted by molar-refractivity contribution is -0.385. The van der Waals surface area contributed by atoms with Crippen LogP contribution < -0.4 is 14.2 Å². The van der Waals surface area contributed by atoms with Gasteiger partial charge in [0.25, 0.3) is 11.4 Å². The summed E-state index contributed by atoms with van der Waals surface area (Å²) in [6.45, 7) is 6.56. The number of hydrogen-bond acceptors (Lipinski definition) is 13. The number of allylic oxidation sites excluding steroid dienone is 1. The maximum absolute atomic E-state index is 15.0. The summed E-state index contributed by atoms with van der Waals surface area (Å²) < 4.78 is 26.3. The van der Waals surface area contributed by atoms with Crippen molar-refractivity contribution >= 4 is 23.0 Å². The van der Waals surface area contributed by atoms with Crippen molar-refractivity contribution in [2.75, 3.05) is 33.5 Å². The summed E-state index contributed by atoms with van der Waals surface area (Å²) in [6, 6.07) is 24.2. The van der Waals surface area contributed by atoms with E-state index in [1.807, 2.05) is 48.2 Å². The first-order chi connectivity index (χ1) is 33.0. The zero-order chi connectivity index (χ0) is 48.2. The third-order valence-electron chi connectivity index (χ3n) is 13.1. The number of ether oxygens (including phenoxy) is 4. The maximum atomic E-state index is 15.0. The molecule has 1 saturated carbocycles. The summed E-state index contributed by atoms with van der Waals surface area (Å²) in [4.78, 5) is 45.2. The fourth-order valence-corrected chi connectivity index (χ4v) is 10.2. The van der Waals surface area contributed by atoms with Gasteiger partial charge in [-0.1, -0.05) is 55.3 Å². The number of methoxy groups -OCH3 is 1. The molecule has 6 unspecified atom stereocenters. The van der Waals surface area contributed by atoms with Crippen LogP contribution in [-0.4, -0.2) is 81.9 Å². The molecule has 0 bridgehead atoms. The average Bonchev–Trinajstić information content (AvgIpc) is 3.34. The highest BCUT2D eigenvalue weighted by atomic mass is 16.7. The van der Waals surface area contributed by atoms with E-state index in [0.717, 1.165) is 29.5 Å². The van der Waals surface area contributed by atoms with Crippen LogP contribution in [0.5, 0.6) is 23.0 Å². The number of non-ortho nitro benzene ring substituents is 2. The molecule has 4 aromatic carbocycles. The van der Waals surface area contributed by atoms with Crippen LogP contribution in [0, 0.1) is 38.0 Å². The fraction of sp³-hybridized carbons (Fsp3) is 0.423. The summed E-state index contributed by atoms with van der Waals surface area (Å²) in [5.74, 6) is -0.840. The maximum Gasteiger partial charge on any atom is 0.273 e. The van der Waals surface area contributed by atoms with Crippen molar-refractivity contribution in [1.82, 2.24) is 4.90 Å². The van der Waals surface area contributed by atoms with Crippen molar-refractivity contribution in [3.05, 3.63) is 152 Å². The number of nitro benzene ring substituents is 2. The molecule has 4 aromatic rings. The average molecular weight is 933 g/mol. The molecule has 1 fully saturated rings. The van der Waals surface area contributed by atoms with E-state index in [1.165, 1.54) is 24.3 Å². The first kappa shape index (κ1) is 49.3. The number of aliphatic hydroxyl groups excluding tert-OH is 2. The Kier molecular flexibility index (Phi) is 16.6. The van der Waals surface area contributed by atoms with Crippen LogP contribution in [0.15, 0.2) is 120 Å². The molecule has 6 atom stereocenters. The van der Waals surface area contributed by atoms with Crippen LogP contribution in [0.4, 0.5) is 11.4 Å². The second kappa shape index (κ2) is 22.9. The summed E-state index contributed by atoms with van der Waals surface area (Å²) in [6.07, 6.45) is 8.86. The van der Waals surface area contributed by atoms with Gasteiger partial charge in [-0.15, -0.1) is 6.58 Å². The number of nitrogens with zero attached hydrogens (tertiary/aromatic N) is 4. The van der Waals surface area contributed by atoms with E-state index in [1.54, 1.807) is 43.5 Å². The van der Waals surface area contributed by atoms with E-state index >= 15 is 4.79 Å². The predicted molar refractivity (Wildman–Crippen MR) is 255 cm³/mol. The Labute approximate surface area is 396 Å². The van der Waals surface area contributed by atoms with Gasteiger partial charge < -0.3 is 38.9 Å². The molecular formula is C52H60N4O12. The number of oxime groups is 1. The molecule has 68 heavy (non-hydrogen) atoms. The van der Waals surface area contributed by atoms with E-state index in [-0.39, 0.29) is 80.1 Å². The number of aliphatic hydroxyl groups is 2. The summed E-state index contributed by atoms with van der Waals surface area (Å²) in [5.41, 5.74) is 3.53. The van der Waals surface area contributed by atoms with Crippen LogP contribution >= 0.6 is 0 Å². The van der Waals surface area contributed by atoms with E-state index in [9.17, 15) is 30.4 Å². The number of benzene rings is 4. The number of hydrogen-bond donors (Lipinski definition) is 2. The summed E-state index contributed by atoms with van der Waals surface area (Å²) in [5, 5.41) is 48.0. The van der Waals surface area contributed by atoms with Crippen molar-refractivity contribution in [1.29, 1.82) is 0 Å². The van der Waals surface area contributed by atoms with Crippen LogP contribution in [-0.2, 0) is 27.4 Å². The lowest BCUT2D eigenvalue weighted by atomic mass is 9.55. The highest BCUT2D eigenvalue weighted by molar-refractivity contribution is 6.03. The van der Waals surface area contributed by atoms with Gasteiger partial charge in [0.05, 0.1) is 47.7 Å². The first-order valence-corrected chi connectivity index (χ1v) is 23.3. The summed E-state index contributed by atoms with van der Waals surface area (Å²) in [7, 11) is 1.58. The molecule has 0 spiro atoms. The number of nitro groups is 2. The van der Waals surface area contributed by atoms with Gasteiger partial charge in [0, 0.05) is 55.9 Å². The number of unbranched alkanes of at least 4 members (excludes halogenated alkanes) is 2. The van der Waals surface area contributed by atoms with E-state index < -0.39 is 27.6 Å². The predicted octanol–water partition coefficient (Wildman–Crippen LogP) is 9.62. The van der Waals surface area contributed by atoms with Crippen LogP contribution in [0.2, 0.25) is 0 Å². The lowest BCUT2D eigenvalue weighted by Crippen LogP contribution is -2.70. The minimum atomic E-state index is -1.50. The normalized spacial score (nSPS) is 21.9. The van der Waals surface area contributed by atoms with E-state index in [4.69, 9.17) is 28.9 Å². The molecule has 1 aliphatic heterocycles. The smallest absolute Gasteiger partial charge is 0.273 e. The second-order valence-electron chi connectivity index (χ2n) is 17.4. The Morgan fingerprint density at radius 1 is 0.897 bits per heavy atom. The fourth-order valence-electron chi connectivity index (χ4n) is 10.2. The number of carbonyl (C=O) groups is 1. The van der Waals surface area contributed by atoms with Gasteiger partial charge in [0.2, 0.25) is 11.7 Å². The number of fused-ring (bicyclic) bond motifs is 2. The van der Waals surface area contributed by atoms with Crippen LogP contribution in [0.25, 0.3) is 0 Å². The highest BCUT2D eigenvalue weighted by Crippen LogP contribution is 2.62. The Morgan fingerprint density at radius 3 is 2.32 bits per heavy atom. The molecule has 7 rings (SSSR count). The molecule has 0 radical (unpaired) electrons. The molecule has 16 nitrogen and oxygen atoms in total. The lowest BCUT2D eigenvalue weighted by Gasteiger charge is -2.60. The summed E-state index contributed by atoms with van der Waals surface area (Å²) >= 11 is 0. The molecule has 1 heterocycles. The zero-order valence-corrected chi connectivity index (χ0v) is 38.6. The Balaban J connectivity index is 1.42. The SMILES string of the molecule is C=CCOC12Oc3ccc(Oc4cccc([N+](=O)[O-])c4)cc3C3C(CCCCO)C(CCCCO)C=C(C(=NOCc4ccc([N+](=O)[O-])cc4)CC1N(CCC)C(=O)Cc1cccc(OC)c1)C32. The van der Waals surface area contributed by atoms with Crippen LogP contribution in [0.3, 0.4) is 0 Å². The number of rotatable bonds is 24. The molecule has 0 saturated heterocycles. The third kappa shape index (κ3) is 11.0. The molecule has 3 aliphatic rings. The zero-order valence-electron chi connectivity index (χ0n) is 38.6. The van der Waals surface area contributed by atoms with Crippen LogP contribution in [0.1, 0.15) is 80.9 Å². The van der Waals surface area contributed by atoms with Gasteiger partial charge in [-0.25, -0.2) is 0 Å². The van der Waals surface area contributed by atoms with Gasteiger partial charge in [-0.05, 0) is 109 Å². The largest absolute Gasteiger partial charge is 0.497 e. The number of carbonyl (C=O) groups excluding carboxylic acids is 1. The Morgan fingerprint density at radius 2 is 1.62 bits per heavy atom. The van der Waals surface area contributed by atoms with Gasteiger partial charge >= 0.3 is 0 Å². The van der Waals surface area contributed by atoms with Crippen molar-refractivity contribution in [2.24, 2.45) is 22.9 Å². The topological polar surface area (TPSA) is 206 Å². The van der Waals surface area contributed by atoms with E-state index in [0.29, 0.717) is 67.2 Å². The first-order valence-electron chi connectivity index (χ1n) is 23.3. The van der Waals surface area contributed by atoms with E-state index in [2.05, 4.69) is 12.7 Å². The quantitative estimate of drug-likeness (QED) is 0.0292. The van der Waals surface area contributed by atoms with Crippen molar-refractivity contribution in [2.45, 2.75) is 89.1 Å². The second-order valence-corrected chi connectivity index (χ2v) is 17.4. The molecule has 2 aliphatic carbocycles. The Hall–Kier alpha value is -6.62. The molecule has 16 heteroatoms. The highest BCUT2D eigenvalue weighted by Gasteiger charge is 2.65. The van der Waals surface area contributed by atoms with Gasteiger partial charge in [-0.3, -0.25) is 25.0 Å². The minimum Gasteiger partial charge on any atom is -0.497 e. The van der Waals surface area contributed by atoms with Gasteiger partial charge in [0.15, 0.2) is 0 Å². The van der Waals surface area contributed by atoms with Gasteiger partial charge in [0.1, 0.15) is 35.6 Å². The third-order valence-corrected chi connectivity index (χ3v) is 13.1. The van der Waals surface area contributed by atoms with Crippen molar-refractivity contribution in [3.8, 4) is 23.0 Å². The standard InChI is InChI=1S/C52H60N4O12/c1-4-24-54(49(59)29-36-12-10-15-40(28-36)64-3)48-33-46(53-66-34-35-18-20-38(21-19-35)55(60)61)44-30-37(13-6-8-25-57)43(17-7-9-26-58)50-45-32-42(67-41-16-11-14-39(31-41)56(62)63)22-23-47(45)68-52(48,51(44)50)65-27-5-2/h5,10-12,14-16,18-23,28,30-32,37,43,48,50-51,57-58H,2,4,6-9,13,17,24-27,29,33-34H2,1,3H3. The van der Waals surface area contributed by atoms with Crippen molar-refractivity contribution < 1.29 is 48.6 Å². The molecule has 1 amide bonds. The molecule has 0 aromatic heterocycles. The molecular weight excluding hydrogens is 873 g/mol. The molecule has 2 N–H and O–H groups in total. The number of amides is 1. The monoisotopic (exact) mass is 932 g/mol. The van der Waals surface area contributed by atoms with Crippen molar-refractivity contribution in [3.63, 3.8) is 0 Å². The minimum absolute atomic E-state index is 0.0144. The van der Waals surface area contributed by atoms with Gasteiger partial charge in [-0.2, -0.15) is 0 Å². The molecule has 360 valence electrons.